The first-order chi connectivity index (χ1) is 23.8. The van der Waals surface area contributed by atoms with Gasteiger partial charge in [-0.15, -0.1) is 0 Å². The first-order valence-electron chi connectivity index (χ1n) is 18.8. The van der Waals surface area contributed by atoms with E-state index in [1.807, 2.05) is 43.3 Å². The van der Waals surface area contributed by atoms with Gasteiger partial charge in [0.15, 0.2) is 0 Å². The zero-order valence-electron chi connectivity index (χ0n) is 30.3. The van der Waals surface area contributed by atoms with Gasteiger partial charge in [0.05, 0.1) is 62.5 Å². The van der Waals surface area contributed by atoms with Gasteiger partial charge in [0.25, 0.3) is 5.56 Å². The molecule has 0 N–H and O–H groups in total. The van der Waals surface area contributed by atoms with Gasteiger partial charge in [0, 0.05) is 36.0 Å². The molecule has 0 saturated heterocycles. The summed E-state index contributed by atoms with van der Waals surface area (Å²) in [6, 6.07) is 22.5. The molecule has 8 nitrogen and oxygen atoms in total. The van der Waals surface area contributed by atoms with Crippen molar-refractivity contribution in [1.29, 1.82) is 10.5 Å². The van der Waals surface area contributed by atoms with Crippen LogP contribution < -0.4 is 11.2 Å². The Bertz CT molecular complexity index is 1710. The van der Waals surface area contributed by atoms with Crippen molar-refractivity contribution in [2.75, 3.05) is 39.3 Å². The molecule has 0 amide bonds. The Morgan fingerprint density at radius 1 is 0.612 bits per heavy atom. The van der Waals surface area contributed by atoms with Gasteiger partial charge >= 0.3 is 5.69 Å². The Hall–Kier alpha value is -3.98. The van der Waals surface area contributed by atoms with Gasteiger partial charge in [-0.3, -0.25) is 13.9 Å². The molecule has 3 aromatic rings. The number of quaternary nitrogens is 2. The molecule has 2 bridgehead atoms. The minimum atomic E-state index is -0.202. The highest BCUT2D eigenvalue weighted by Gasteiger charge is 2.28. The van der Waals surface area contributed by atoms with Crippen molar-refractivity contribution in [2.45, 2.75) is 111 Å². The maximum Gasteiger partial charge on any atom is 0.331 e. The number of fused-ring (bicyclic) bond motifs is 2. The normalized spacial score (nSPS) is 21.9. The highest BCUT2D eigenvalue weighted by Crippen LogP contribution is 2.24. The fourth-order valence-corrected chi connectivity index (χ4v) is 7.89. The fourth-order valence-electron chi connectivity index (χ4n) is 7.89. The lowest BCUT2D eigenvalue weighted by atomic mass is 10.0. The molecule has 0 aliphatic carbocycles. The highest BCUT2D eigenvalue weighted by molar-refractivity contribution is 5.37. The zero-order valence-corrected chi connectivity index (χ0v) is 30.3. The Morgan fingerprint density at radius 3 is 1.45 bits per heavy atom. The summed E-state index contributed by atoms with van der Waals surface area (Å²) in [4.78, 5) is 26.4. The minimum Gasteiger partial charge on any atom is -0.320 e. The van der Waals surface area contributed by atoms with Crippen LogP contribution >= 0.6 is 0 Å². The van der Waals surface area contributed by atoms with Gasteiger partial charge in [0.2, 0.25) is 0 Å². The number of rotatable bonds is 6. The average Bonchev–Trinajstić information content (AvgIpc) is 3.11. The Morgan fingerprint density at radius 2 is 1.02 bits per heavy atom. The molecule has 0 fully saturated rings. The van der Waals surface area contributed by atoms with Gasteiger partial charge in [-0.05, 0) is 97.1 Å². The van der Waals surface area contributed by atoms with Crippen molar-refractivity contribution >= 4 is 0 Å². The fraction of sp³-hybridized carbons (Fsp3) is 0.561. The molecule has 0 saturated carbocycles. The first-order valence-corrected chi connectivity index (χ1v) is 18.8. The Labute approximate surface area is 294 Å². The van der Waals surface area contributed by atoms with Crippen LogP contribution in [0.1, 0.15) is 106 Å². The van der Waals surface area contributed by atoms with Crippen molar-refractivity contribution in [2.24, 2.45) is 0 Å². The highest BCUT2D eigenvalue weighted by atomic mass is 16.2. The summed E-state index contributed by atoms with van der Waals surface area (Å²) < 4.78 is 5.13. The molecule has 2 heterocycles. The van der Waals surface area contributed by atoms with E-state index in [0.717, 1.165) is 141 Å². The monoisotopic (exact) mass is 666 g/mol. The summed E-state index contributed by atoms with van der Waals surface area (Å²) in [5, 5.41) is 19.7. The van der Waals surface area contributed by atoms with Crippen LogP contribution in [-0.2, 0) is 26.2 Å². The van der Waals surface area contributed by atoms with Gasteiger partial charge in [-0.25, -0.2) is 4.79 Å². The summed E-state index contributed by atoms with van der Waals surface area (Å²) in [5.74, 6) is 0. The van der Waals surface area contributed by atoms with Crippen LogP contribution in [0.3, 0.4) is 0 Å². The van der Waals surface area contributed by atoms with Crippen molar-refractivity contribution < 1.29 is 8.97 Å². The molecular weight excluding hydrogens is 608 g/mol. The lowest BCUT2D eigenvalue weighted by Gasteiger charge is -2.39. The second-order valence-electron chi connectivity index (χ2n) is 14.3. The van der Waals surface area contributed by atoms with Gasteiger partial charge in [-0.1, -0.05) is 36.4 Å². The van der Waals surface area contributed by atoms with E-state index in [0.29, 0.717) is 13.1 Å². The number of aromatic nitrogens is 2. The van der Waals surface area contributed by atoms with E-state index in [1.54, 1.807) is 10.6 Å². The summed E-state index contributed by atoms with van der Waals surface area (Å²) in [5.41, 5.74) is 4.13. The maximum absolute atomic E-state index is 13.5. The van der Waals surface area contributed by atoms with Crippen molar-refractivity contribution in [1.82, 2.24) is 9.13 Å². The van der Waals surface area contributed by atoms with Crippen LogP contribution in [0.5, 0.6) is 0 Å². The predicted octanol–water partition coefficient (Wildman–Crippen LogP) is 7.05. The smallest absolute Gasteiger partial charge is 0.320 e. The standard InChI is InChI=1S/C41H58N6O2/c1-4-46(33-38-22-12-10-20-36(38)31-42)26-16-6-7-17-27-47(5-2,34-39-23-13-11-21-37(39)32-43)29-19-9-15-25-45-40(48)30-35(3)44(41(45)49)24-14-8-18-28-46/h10-13,20-23,30H,4-9,14-19,24-29,33-34H2,1-3H3/q+2. The molecule has 0 radical (unpaired) electrons. The summed E-state index contributed by atoms with van der Waals surface area (Å²) in [6.07, 6.45) is 10.4. The van der Waals surface area contributed by atoms with Crippen LogP contribution in [-0.4, -0.2) is 57.4 Å². The molecule has 1 aliphatic heterocycles. The Kier molecular flexibility index (Phi) is 14.4. The lowest BCUT2D eigenvalue weighted by molar-refractivity contribution is -0.940. The Balaban J connectivity index is 1.58. The van der Waals surface area contributed by atoms with E-state index in [-0.39, 0.29) is 11.2 Å². The van der Waals surface area contributed by atoms with E-state index in [4.69, 9.17) is 0 Å². The van der Waals surface area contributed by atoms with Crippen LogP contribution in [0.2, 0.25) is 0 Å². The van der Waals surface area contributed by atoms with Gasteiger partial charge in [0.1, 0.15) is 13.1 Å². The van der Waals surface area contributed by atoms with Crippen LogP contribution in [0, 0.1) is 29.6 Å². The molecule has 1 aliphatic rings. The number of nitrogens with zero attached hydrogens (tertiary/aromatic N) is 6. The molecule has 2 unspecified atom stereocenters. The molecular formula is C41H58N6O2+2. The van der Waals surface area contributed by atoms with Crippen LogP contribution in [0.25, 0.3) is 0 Å². The maximum atomic E-state index is 13.5. The third kappa shape index (κ3) is 10.3. The van der Waals surface area contributed by atoms with Gasteiger partial charge in [-0.2, -0.15) is 10.5 Å². The first kappa shape index (κ1) is 37.8. The largest absolute Gasteiger partial charge is 0.331 e. The molecule has 8 heteroatoms. The van der Waals surface area contributed by atoms with Crippen molar-refractivity contribution in [3.63, 3.8) is 0 Å². The predicted molar refractivity (Wildman–Crippen MR) is 197 cm³/mol. The third-order valence-electron chi connectivity index (χ3n) is 11.2. The van der Waals surface area contributed by atoms with Crippen LogP contribution in [0.4, 0.5) is 0 Å². The SMILES string of the molecule is CC[N+]1(Cc2ccccc2C#N)CCCCCC[N+](CC)(Cc2ccccc2C#N)CCCCCn2c(=O)cc(C)n(c2=O)CCCCC1. The second kappa shape index (κ2) is 18.7. The minimum absolute atomic E-state index is 0.186. The number of hydrogen-bond donors (Lipinski definition) is 0. The summed E-state index contributed by atoms with van der Waals surface area (Å²) in [7, 11) is 0. The van der Waals surface area contributed by atoms with E-state index >= 15 is 0 Å². The molecule has 2 aromatic carbocycles. The summed E-state index contributed by atoms with van der Waals surface area (Å²) in [6.45, 7) is 15.4. The zero-order chi connectivity index (χ0) is 35.1. The van der Waals surface area contributed by atoms with Crippen LogP contribution in [0.15, 0.2) is 64.2 Å². The lowest BCUT2D eigenvalue weighted by Crippen LogP contribution is -2.49. The number of nitriles is 2. The molecule has 1 aromatic heterocycles. The average molecular weight is 667 g/mol. The van der Waals surface area contributed by atoms with E-state index in [9.17, 15) is 20.1 Å². The second-order valence-corrected chi connectivity index (χ2v) is 14.3. The summed E-state index contributed by atoms with van der Waals surface area (Å²) >= 11 is 0. The number of benzene rings is 2. The van der Waals surface area contributed by atoms with E-state index < -0.39 is 0 Å². The third-order valence-corrected chi connectivity index (χ3v) is 11.2. The number of aryl methyl sites for hydroxylation is 1. The van der Waals surface area contributed by atoms with Gasteiger partial charge < -0.3 is 8.97 Å². The van der Waals surface area contributed by atoms with E-state index in [1.165, 1.54) is 17.4 Å². The molecule has 2 atom stereocenters. The quantitative estimate of drug-likeness (QED) is 0.264. The molecule has 0 spiro atoms. The van der Waals surface area contributed by atoms with E-state index in [2.05, 4.69) is 38.1 Å². The molecule has 49 heavy (non-hydrogen) atoms. The topological polar surface area (TPSA) is 91.6 Å². The molecule has 262 valence electrons. The number of hydrogen-bond acceptors (Lipinski definition) is 4. The van der Waals surface area contributed by atoms with Crippen molar-refractivity contribution in [3.05, 3.63) is 103 Å². The van der Waals surface area contributed by atoms with Crippen molar-refractivity contribution in [3.8, 4) is 12.1 Å². The molecule has 4 rings (SSSR count).